The van der Waals surface area contributed by atoms with Crippen molar-refractivity contribution >= 4 is 23.3 Å². The molecule has 1 rings (SSSR count). The van der Waals surface area contributed by atoms with Crippen LogP contribution >= 0.6 is 0 Å². The minimum absolute atomic E-state index is 0.0483. The Labute approximate surface area is 105 Å². The number of benzene rings is 1. The number of nitrogens with zero attached hydrogens (tertiary/aromatic N) is 1. The number of hydrogen-bond donors (Lipinski definition) is 3. The second-order valence-corrected chi connectivity index (χ2v) is 4.21. The van der Waals surface area contributed by atoms with Gasteiger partial charge in [0.25, 0.3) is 0 Å². The monoisotopic (exact) mass is 251 g/mol. The molecule has 0 aliphatic heterocycles. The lowest BCUT2D eigenvalue weighted by molar-refractivity contribution is -0.129. The van der Waals surface area contributed by atoms with Crippen LogP contribution in [0, 0.1) is 0 Å². The molecule has 4 N–H and O–H groups in total. The SMILES string of the molecule is CC(Nc1ccc(C(=O)O)c(N)c1)C(=O)N(C)C. The number of carboxylic acids is 1. The van der Waals surface area contributed by atoms with Crippen molar-refractivity contribution in [2.24, 2.45) is 0 Å². The normalized spacial score (nSPS) is 11.7. The van der Waals surface area contributed by atoms with E-state index in [1.807, 2.05) is 0 Å². The molecule has 0 heterocycles. The van der Waals surface area contributed by atoms with E-state index in [1.54, 1.807) is 27.1 Å². The van der Waals surface area contributed by atoms with Crippen LogP contribution in [0.25, 0.3) is 0 Å². The summed E-state index contributed by atoms with van der Waals surface area (Å²) < 4.78 is 0. The van der Waals surface area contributed by atoms with Crippen molar-refractivity contribution in [3.63, 3.8) is 0 Å². The molecule has 98 valence electrons. The first-order chi connectivity index (χ1) is 8.32. The van der Waals surface area contributed by atoms with E-state index in [0.29, 0.717) is 5.69 Å². The number of anilines is 2. The maximum absolute atomic E-state index is 11.6. The van der Waals surface area contributed by atoms with Crippen molar-refractivity contribution in [2.45, 2.75) is 13.0 Å². The molecular formula is C12H17N3O3. The van der Waals surface area contributed by atoms with E-state index >= 15 is 0 Å². The fraction of sp³-hybridized carbons (Fsp3) is 0.333. The molecule has 0 aliphatic carbocycles. The van der Waals surface area contributed by atoms with Gasteiger partial charge in [-0.15, -0.1) is 0 Å². The molecule has 0 aromatic heterocycles. The summed E-state index contributed by atoms with van der Waals surface area (Å²) in [6.45, 7) is 1.73. The van der Waals surface area contributed by atoms with Crippen LogP contribution in [0.15, 0.2) is 18.2 Å². The van der Waals surface area contributed by atoms with Crippen LogP contribution in [0.5, 0.6) is 0 Å². The number of nitrogen functional groups attached to an aromatic ring is 1. The standard InChI is InChI=1S/C12H17N3O3/c1-7(11(16)15(2)3)14-8-4-5-9(12(17)18)10(13)6-8/h4-7,14H,13H2,1-3H3,(H,17,18). The molecule has 1 aromatic carbocycles. The molecule has 0 saturated carbocycles. The van der Waals surface area contributed by atoms with Gasteiger partial charge in [0.15, 0.2) is 0 Å². The van der Waals surface area contributed by atoms with Crippen molar-refractivity contribution in [1.82, 2.24) is 4.90 Å². The van der Waals surface area contributed by atoms with Gasteiger partial charge in [0.2, 0.25) is 5.91 Å². The van der Waals surface area contributed by atoms with Gasteiger partial charge in [0.05, 0.1) is 5.56 Å². The number of nitrogens with two attached hydrogens (primary N) is 1. The number of likely N-dealkylation sites (N-methyl/N-ethyl adjacent to an activating group) is 1. The second-order valence-electron chi connectivity index (χ2n) is 4.21. The number of nitrogens with one attached hydrogen (secondary N) is 1. The van der Waals surface area contributed by atoms with Crippen LogP contribution in [0.1, 0.15) is 17.3 Å². The lowest BCUT2D eigenvalue weighted by atomic mass is 10.1. The van der Waals surface area contributed by atoms with Crippen LogP contribution < -0.4 is 11.1 Å². The fourth-order valence-corrected chi connectivity index (χ4v) is 1.55. The minimum atomic E-state index is -1.07. The predicted octanol–water partition coefficient (Wildman–Crippen LogP) is 0.856. The summed E-state index contributed by atoms with van der Waals surface area (Å²) in [6, 6.07) is 4.09. The van der Waals surface area contributed by atoms with Gasteiger partial charge >= 0.3 is 5.97 Å². The third-order valence-corrected chi connectivity index (χ3v) is 2.48. The molecule has 6 heteroatoms. The van der Waals surface area contributed by atoms with Gasteiger partial charge in [-0.3, -0.25) is 4.79 Å². The topological polar surface area (TPSA) is 95.7 Å². The molecule has 18 heavy (non-hydrogen) atoms. The van der Waals surface area contributed by atoms with Gasteiger partial charge in [-0.2, -0.15) is 0 Å². The van der Waals surface area contributed by atoms with Crippen molar-refractivity contribution < 1.29 is 14.7 Å². The summed E-state index contributed by atoms with van der Waals surface area (Å²) in [5, 5.41) is 11.8. The molecule has 0 spiro atoms. The molecule has 6 nitrogen and oxygen atoms in total. The van der Waals surface area contributed by atoms with Crippen LogP contribution in [0.3, 0.4) is 0 Å². The first-order valence-electron chi connectivity index (χ1n) is 5.43. The van der Waals surface area contributed by atoms with Gasteiger partial charge in [0.1, 0.15) is 6.04 Å². The van der Waals surface area contributed by atoms with Crippen molar-refractivity contribution in [2.75, 3.05) is 25.1 Å². The van der Waals surface area contributed by atoms with Crippen LogP contribution in [-0.2, 0) is 4.79 Å². The van der Waals surface area contributed by atoms with Crippen LogP contribution in [-0.4, -0.2) is 42.0 Å². The van der Waals surface area contributed by atoms with Crippen LogP contribution in [0.4, 0.5) is 11.4 Å². The molecule has 0 saturated heterocycles. The molecule has 1 aromatic rings. The Morgan fingerprint density at radius 3 is 2.44 bits per heavy atom. The summed E-state index contributed by atoms with van der Waals surface area (Å²) in [5.41, 5.74) is 6.44. The van der Waals surface area contributed by atoms with Gasteiger partial charge in [-0.1, -0.05) is 0 Å². The minimum Gasteiger partial charge on any atom is -0.478 e. The Balaban J connectivity index is 2.84. The fourth-order valence-electron chi connectivity index (χ4n) is 1.55. The number of hydrogen-bond acceptors (Lipinski definition) is 4. The molecule has 0 fully saturated rings. The quantitative estimate of drug-likeness (QED) is 0.690. The highest BCUT2D eigenvalue weighted by atomic mass is 16.4. The van der Waals surface area contributed by atoms with E-state index in [2.05, 4.69) is 5.32 Å². The zero-order valence-electron chi connectivity index (χ0n) is 10.6. The van der Waals surface area contributed by atoms with E-state index < -0.39 is 12.0 Å². The number of amides is 1. The molecule has 1 amide bonds. The highest BCUT2D eigenvalue weighted by molar-refractivity contribution is 5.94. The van der Waals surface area contributed by atoms with Crippen molar-refractivity contribution in [3.8, 4) is 0 Å². The number of rotatable bonds is 4. The first-order valence-corrected chi connectivity index (χ1v) is 5.43. The van der Waals surface area contributed by atoms with Crippen molar-refractivity contribution in [1.29, 1.82) is 0 Å². The molecular weight excluding hydrogens is 234 g/mol. The Morgan fingerprint density at radius 1 is 1.39 bits per heavy atom. The smallest absolute Gasteiger partial charge is 0.337 e. The average Bonchev–Trinajstić information content (AvgIpc) is 2.27. The summed E-state index contributed by atoms with van der Waals surface area (Å²) in [7, 11) is 3.34. The van der Waals surface area contributed by atoms with E-state index in [9.17, 15) is 9.59 Å². The van der Waals surface area contributed by atoms with Gasteiger partial charge < -0.3 is 21.1 Å². The van der Waals surface area contributed by atoms with Crippen molar-refractivity contribution in [3.05, 3.63) is 23.8 Å². The van der Waals surface area contributed by atoms with E-state index in [4.69, 9.17) is 10.8 Å². The maximum atomic E-state index is 11.6. The summed E-state index contributed by atoms with van der Waals surface area (Å²) in [5.74, 6) is -1.15. The first kappa shape index (κ1) is 13.8. The second kappa shape index (κ2) is 5.39. The Bertz CT molecular complexity index is 472. The van der Waals surface area contributed by atoms with E-state index in [-0.39, 0.29) is 17.2 Å². The molecule has 1 unspecified atom stereocenters. The summed E-state index contributed by atoms with van der Waals surface area (Å²) in [4.78, 5) is 23.9. The largest absolute Gasteiger partial charge is 0.478 e. The molecule has 1 atom stereocenters. The third-order valence-electron chi connectivity index (χ3n) is 2.48. The van der Waals surface area contributed by atoms with E-state index in [0.717, 1.165) is 0 Å². The van der Waals surface area contributed by atoms with Gasteiger partial charge in [0, 0.05) is 25.5 Å². The summed E-state index contributed by atoms with van der Waals surface area (Å²) in [6.07, 6.45) is 0. The van der Waals surface area contributed by atoms with E-state index in [1.165, 1.54) is 17.0 Å². The predicted molar refractivity (Wildman–Crippen MR) is 69.6 cm³/mol. The Kier molecular flexibility index (Phi) is 4.14. The number of aromatic carboxylic acids is 1. The lowest BCUT2D eigenvalue weighted by Gasteiger charge is -2.19. The summed E-state index contributed by atoms with van der Waals surface area (Å²) >= 11 is 0. The Hall–Kier alpha value is -2.24. The highest BCUT2D eigenvalue weighted by Crippen LogP contribution is 2.18. The highest BCUT2D eigenvalue weighted by Gasteiger charge is 2.15. The number of carbonyl (C=O) groups is 2. The number of carbonyl (C=O) groups excluding carboxylic acids is 1. The van der Waals surface area contributed by atoms with Gasteiger partial charge in [-0.25, -0.2) is 4.79 Å². The lowest BCUT2D eigenvalue weighted by Crippen LogP contribution is -2.36. The average molecular weight is 251 g/mol. The molecule has 0 bridgehead atoms. The maximum Gasteiger partial charge on any atom is 0.337 e. The zero-order chi connectivity index (χ0) is 13.9. The van der Waals surface area contributed by atoms with Gasteiger partial charge in [-0.05, 0) is 25.1 Å². The molecule has 0 aliphatic rings. The molecule has 0 radical (unpaired) electrons. The zero-order valence-corrected chi connectivity index (χ0v) is 10.6. The third kappa shape index (κ3) is 3.13. The number of carboxylic acid groups (broad SMARTS) is 1. The van der Waals surface area contributed by atoms with Crippen LogP contribution in [0.2, 0.25) is 0 Å². The Morgan fingerprint density at radius 2 is 2.00 bits per heavy atom.